The smallest absolute Gasteiger partial charge is 0.221 e. The van der Waals surface area contributed by atoms with Gasteiger partial charge in [0.2, 0.25) is 5.95 Å². The standard InChI is InChI=1S/C20H20N6/c1-26(2)16-5-3-4-13(9-16)17-10-15(8-14-11-22-12-18(14)17)24-19-6-7-23-20(21)25-19/h3-11H,12H2,1-2H3,(H3,21,23,24,25). The Morgan fingerprint density at radius 2 is 2.00 bits per heavy atom. The highest BCUT2D eigenvalue weighted by Crippen LogP contribution is 2.34. The van der Waals surface area contributed by atoms with E-state index in [0.29, 0.717) is 12.4 Å². The highest BCUT2D eigenvalue weighted by atomic mass is 15.1. The molecule has 6 heteroatoms. The molecule has 4 rings (SSSR count). The summed E-state index contributed by atoms with van der Waals surface area (Å²) in [6.07, 6.45) is 3.56. The van der Waals surface area contributed by atoms with Crippen LogP contribution >= 0.6 is 0 Å². The third kappa shape index (κ3) is 3.09. The molecule has 3 N–H and O–H groups in total. The summed E-state index contributed by atoms with van der Waals surface area (Å²) in [5, 5.41) is 3.32. The van der Waals surface area contributed by atoms with E-state index in [1.807, 2.05) is 20.3 Å². The first-order valence-corrected chi connectivity index (χ1v) is 8.40. The Balaban J connectivity index is 1.78. The van der Waals surface area contributed by atoms with Gasteiger partial charge < -0.3 is 16.0 Å². The molecule has 3 aromatic rings. The van der Waals surface area contributed by atoms with Crippen LogP contribution in [0.25, 0.3) is 11.1 Å². The highest BCUT2D eigenvalue weighted by Gasteiger charge is 2.15. The minimum absolute atomic E-state index is 0.247. The Hall–Kier alpha value is -3.41. The number of rotatable bonds is 4. The van der Waals surface area contributed by atoms with Crippen LogP contribution in [0.5, 0.6) is 0 Å². The summed E-state index contributed by atoms with van der Waals surface area (Å²) in [5.74, 6) is 0.914. The number of aromatic nitrogens is 2. The van der Waals surface area contributed by atoms with E-state index in [1.54, 1.807) is 12.3 Å². The Bertz CT molecular complexity index is 993. The first-order valence-electron chi connectivity index (χ1n) is 8.40. The molecule has 0 spiro atoms. The fraction of sp³-hybridized carbons (Fsp3) is 0.150. The first kappa shape index (κ1) is 16.1. The average Bonchev–Trinajstić information content (AvgIpc) is 3.09. The molecule has 0 saturated carbocycles. The van der Waals surface area contributed by atoms with Crippen molar-refractivity contribution in [2.24, 2.45) is 4.99 Å². The minimum atomic E-state index is 0.247. The average molecular weight is 344 g/mol. The number of hydrogen-bond acceptors (Lipinski definition) is 6. The van der Waals surface area contributed by atoms with Gasteiger partial charge in [0.25, 0.3) is 0 Å². The maximum absolute atomic E-state index is 5.68. The molecule has 130 valence electrons. The Labute approximate surface area is 152 Å². The number of fused-ring (bicyclic) bond motifs is 1. The lowest BCUT2D eigenvalue weighted by Gasteiger charge is -2.16. The Morgan fingerprint density at radius 1 is 1.12 bits per heavy atom. The van der Waals surface area contributed by atoms with Crippen LogP contribution in [0.2, 0.25) is 0 Å². The zero-order valence-corrected chi connectivity index (χ0v) is 14.8. The summed E-state index contributed by atoms with van der Waals surface area (Å²) < 4.78 is 0. The molecular weight excluding hydrogens is 324 g/mol. The molecule has 0 atom stereocenters. The van der Waals surface area contributed by atoms with E-state index in [-0.39, 0.29) is 5.95 Å². The number of aliphatic imine (C=N–C) groups is 1. The predicted octanol–water partition coefficient (Wildman–Crippen LogP) is 3.47. The quantitative estimate of drug-likeness (QED) is 0.757. The molecule has 0 bridgehead atoms. The van der Waals surface area contributed by atoms with Crippen LogP contribution in [0.3, 0.4) is 0 Å². The van der Waals surface area contributed by atoms with Gasteiger partial charge in [0.1, 0.15) is 5.82 Å². The zero-order chi connectivity index (χ0) is 18.1. The molecule has 1 aliphatic rings. The van der Waals surface area contributed by atoms with Gasteiger partial charge in [-0.15, -0.1) is 0 Å². The predicted molar refractivity (Wildman–Crippen MR) is 107 cm³/mol. The summed E-state index contributed by atoms with van der Waals surface area (Å²) >= 11 is 0. The lowest BCUT2D eigenvalue weighted by Crippen LogP contribution is -2.08. The fourth-order valence-corrected chi connectivity index (χ4v) is 3.09. The molecule has 0 amide bonds. The Morgan fingerprint density at radius 3 is 2.81 bits per heavy atom. The summed E-state index contributed by atoms with van der Waals surface area (Å²) in [5.41, 5.74) is 12.5. The molecule has 0 fully saturated rings. The number of nitrogens with zero attached hydrogens (tertiary/aromatic N) is 4. The van der Waals surface area contributed by atoms with Crippen molar-refractivity contribution >= 4 is 29.4 Å². The molecule has 0 saturated heterocycles. The van der Waals surface area contributed by atoms with Crippen molar-refractivity contribution in [3.63, 3.8) is 0 Å². The molecule has 2 aromatic carbocycles. The van der Waals surface area contributed by atoms with Crippen LogP contribution < -0.4 is 16.0 Å². The minimum Gasteiger partial charge on any atom is -0.378 e. The normalized spacial score (nSPS) is 12.1. The molecule has 0 radical (unpaired) electrons. The molecule has 1 aromatic heterocycles. The van der Waals surface area contributed by atoms with E-state index in [9.17, 15) is 0 Å². The van der Waals surface area contributed by atoms with E-state index >= 15 is 0 Å². The third-order valence-corrected chi connectivity index (χ3v) is 4.38. The van der Waals surface area contributed by atoms with Gasteiger partial charge >= 0.3 is 0 Å². The van der Waals surface area contributed by atoms with Gasteiger partial charge in [-0.2, -0.15) is 4.98 Å². The van der Waals surface area contributed by atoms with E-state index in [4.69, 9.17) is 5.73 Å². The van der Waals surface area contributed by atoms with Crippen LogP contribution in [-0.2, 0) is 6.54 Å². The van der Waals surface area contributed by atoms with Gasteiger partial charge in [-0.1, -0.05) is 12.1 Å². The lowest BCUT2D eigenvalue weighted by atomic mass is 9.95. The van der Waals surface area contributed by atoms with Gasteiger partial charge in [-0.25, -0.2) is 4.98 Å². The first-order chi connectivity index (χ1) is 12.6. The second-order valence-corrected chi connectivity index (χ2v) is 6.43. The molecule has 0 unspecified atom stereocenters. The van der Waals surface area contributed by atoms with Crippen molar-refractivity contribution in [2.45, 2.75) is 6.54 Å². The summed E-state index contributed by atoms with van der Waals surface area (Å²) in [7, 11) is 4.09. The number of nitrogens with two attached hydrogens (primary N) is 1. The topological polar surface area (TPSA) is 79.4 Å². The number of nitrogens with one attached hydrogen (secondary N) is 1. The molecule has 0 aliphatic carbocycles. The zero-order valence-electron chi connectivity index (χ0n) is 14.8. The SMILES string of the molecule is CN(C)c1cccc(-c2cc(Nc3ccnc(N)n3)cc3c2CN=C3)c1. The molecule has 2 heterocycles. The lowest BCUT2D eigenvalue weighted by molar-refractivity contribution is 1.11. The van der Waals surface area contributed by atoms with Crippen molar-refractivity contribution in [1.29, 1.82) is 0 Å². The second kappa shape index (κ2) is 6.48. The second-order valence-electron chi connectivity index (χ2n) is 6.43. The van der Waals surface area contributed by atoms with Gasteiger partial charge in [0.05, 0.1) is 6.54 Å². The number of nitrogen functional groups attached to an aromatic ring is 1. The molecule has 6 nitrogen and oxygen atoms in total. The highest BCUT2D eigenvalue weighted by molar-refractivity contribution is 5.92. The summed E-state index contributed by atoms with van der Waals surface area (Å²) in [6, 6.07) is 14.5. The van der Waals surface area contributed by atoms with Crippen molar-refractivity contribution in [2.75, 3.05) is 30.0 Å². The number of benzene rings is 2. The number of hydrogen-bond donors (Lipinski definition) is 2. The summed E-state index contributed by atoms with van der Waals surface area (Å²) in [6.45, 7) is 0.706. The third-order valence-electron chi connectivity index (χ3n) is 4.38. The van der Waals surface area contributed by atoms with Crippen LogP contribution in [0.1, 0.15) is 11.1 Å². The van der Waals surface area contributed by atoms with Crippen molar-refractivity contribution in [3.05, 3.63) is 59.8 Å². The van der Waals surface area contributed by atoms with Crippen molar-refractivity contribution in [1.82, 2.24) is 9.97 Å². The van der Waals surface area contributed by atoms with Crippen molar-refractivity contribution in [3.8, 4) is 11.1 Å². The van der Waals surface area contributed by atoms with Gasteiger partial charge in [0.15, 0.2) is 0 Å². The van der Waals surface area contributed by atoms with E-state index in [1.165, 1.54) is 16.7 Å². The van der Waals surface area contributed by atoms with Crippen LogP contribution in [0.15, 0.2) is 53.7 Å². The Kier molecular flexibility index (Phi) is 4.01. The maximum Gasteiger partial charge on any atom is 0.221 e. The molecule has 26 heavy (non-hydrogen) atoms. The van der Waals surface area contributed by atoms with E-state index in [0.717, 1.165) is 16.9 Å². The van der Waals surface area contributed by atoms with E-state index in [2.05, 4.69) is 61.6 Å². The monoisotopic (exact) mass is 344 g/mol. The van der Waals surface area contributed by atoms with Gasteiger partial charge in [-0.05, 0) is 47.0 Å². The van der Waals surface area contributed by atoms with Crippen molar-refractivity contribution < 1.29 is 0 Å². The van der Waals surface area contributed by atoms with Crippen LogP contribution in [-0.4, -0.2) is 30.3 Å². The van der Waals surface area contributed by atoms with E-state index < -0.39 is 0 Å². The largest absolute Gasteiger partial charge is 0.378 e. The van der Waals surface area contributed by atoms with Crippen LogP contribution in [0.4, 0.5) is 23.1 Å². The maximum atomic E-state index is 5.68. The molecule has 1 aliphatic heterocycles. The van der Waals surface area contributed by atoms with Gasteiger partial charge in [-0.3, -0.25) is 4.99 Å². The van der Waals surface area contributed by atoms with Gasteiger partial charge in [0, 0.05) is 43.4 Å². The summed E-state index contributed by atoms with van der Waals surface area (Å²) in [4.78, 5) is 14.7. The fourth-order valence-electron chi connectivity index (χ4n) is 3.09. The number of anilines is 4. The molecular formula is C20H20N6. The van der Waals surface area contributed by atoms with Crippen LogP contribution in [0, 0.1) is 0 Å².